The molecule has 40 heavy (non-hydrogen) atoms. The summed E-state index contributed by atoms with van der Waals surface area (Å²) >= 11 is 0. The molecule has 0 radical (unpaired) electrons. The van der Waals surface area contributed by atoms with Crippen LogP contribution in [-0.4, -0.2) is 62.4 Å². The highest BCUT2D eigenvalue weighted by Gasteiger charge is 2.31. The van der Waals surface area contributed by atoms with E-state index in [1.165, 1.54) is 22.1 Å². The summed E-state index contributed by atoms with van der Waals surface area (Å²) < 4.78 is 16.3. The number of likely N-dealkylation sites (N-methyl/N-ethyl adjacent to an activating group) is 1. The van der Waals surface area contributed by atoms with Gasteiger partial charge in [0.2, 0.25) is 0 Å². The minimum atomic E-state index is -0.377. The van der Waals surface area contributed by atoms with Gasteiger partial charge >= 0.3 is 0 Å². The molecule has 1 saturated heterocycles. The van der Waals surface area contributed by atoms with Crippen molar-refractivity contribution in [3.8, 4) is 6.07 Å². The third-order valence-electron chi connectivity index (χ3n) is 8.43. The molecule has 6 rings (SSSR count). The van der Waals surface area contributed by atoms with Gasteiger partial charge in [-0.25, -0.2) is 14.4 Å². The minimum absolute atomic E-state index is 0.196. The van der Waals surface area contributed by atoms with Gasteiger partial charge in [-0.15, -0.1) is 0 Å². The second-order valence-corrected chi connectivity index (χ2v) is 11.0. The van der Waals surface area contributed by atoms with Crippen molar-refractivity contribution in [3.63, 3.8) is 0 Å². The van der Waals surface area contributed by atoms with Crippen molar-refractivity contribution in [1.82, 2.24) is 29.3 Å². The third kappa shape index (κ3) is 4.58. The summed E-state index contributed by atoms with van der Waals surface area (Å²) in [7, 11) is 3.38. The van der Waals surface area contributed by atoms with Gasteiger partial charge < -0.3 is 14.5 Å². The average Bonchev–Trinajstić information content (AvgIpc) is 3.57. The van der Waals surface area contributed by atoms with E-state index >= 15 is 0 Å². The summed E-state index contributed by atoms with van der Waals surface area (Å²) in [6.45, 7) is 4.91. The predicted octanol–water partition coefficient (Wildman–Crippen LogP) is 5.29. The summed E-state index contributed by atoms with van der Waals surface area (Å²) in [6, 6.07) is 8.04. The van der Waals surface area contributed by atoms with Crippen LogP contribution < -0.4 is 0 Å². The smallest absolute Gasteiger partial charge is 0.251 e. The van der Waals surface area contributed by atoms with E-state index in [1.54, 1.807) is 32.7 Å². The monoisotopic (exact) mass is 537 g/mol. The second kappa shape index (κ2) is 10.4. The first-order valence-corrected chi connectivity index (χ1v) is 13.7. The minimum Gasteiger partial charge on any atom is -0.346 e. The molecule has 1 amide bonds. The molecule has 4 heterocycles. The Labute approximate surface area is 232 Å². The SMILES string of the molecule is Cc1c(CN2CCC(c3cn(C4CC=C(F)C=C4C(=O)N(C)C)c4cncnc34)CC2)ccc2[nH]c(C#N)cc12. The number of fused-ring (bicyclic) bond motifs is 2. The van der Waals surface area contributed by atoms with Gasteiger partial charge in [-0.3, -0.25) is 9.69 Å². The van der Waals surface area contributed by atoms with Crippen molar-refractivity contribution in [1.29, 1.82) is 5.26 Å². The van der Waals surface area contributed by atoms with Gasteiger partial charge in [-0.05, 0) is 86.2 Å². The van der Waals surface area contributed by atoms with Crippen LogP contribution in [0.4, 0.5) is 4.39 Å². The zero-order chi connectivity index (χ0) is 28.0. The highest BCUT2D eigenvalue weighted by Crippen LogP contribution is 2.39. The number of nitriles is 1. The fraction of sp³-hybridized carbons (Fsp3) is 0.355. The number of H-pyrrole nitrogens is 1. The number of halogens is 1. The number of hydrogen-bond donors (Lipinski definition) is 1. The molecule has 204 valence electrons. The predicted molar refractivity (Wildman–Crippen MR) is 152 cm³/mol. The van der Waals surface area contributed by atoms with E-state index in [0.29, 0.717) is 23.6 Å². The summed E-state index contributed by atoms with van der Waals surface area (Å²) in [5, 5.41) is 10.4. The van der Waals surface area contributed by atoms with E-state index in [2.05, 4.69) is 55.7 Å². The van der Waals surface area contributed by atoms with Gasteiger partial charge in [0.1, 0.15) is 23.9 Å². The van der Waals surface area contributed by atoms with Crippen LogP contribution >= 0.6 is 0 Å². The van der Waals surface area contributed by atoms with Crippen molar-refractivity contribution >= 4 is 27.8 Å². The molecule has 0 saturated carbocycles. The van der Waals surface area contributed by atoms with Crippen LogP contribution in [0.3, 0.4) is 0 Å². The number of carbonyl (C=O) groups excluding carboxylic acids is 1. The maximum atomic E-state index is 14.2. The number of benzene rings is 1. The Kier molecular flexibility index (Phi) is 6.72. The molecule has 1 aromatic carbocycles. The summed E-state index contributed by atoms with van der Waals surface area (Å²) in [4.78, 5) is 29.0. The van der Waals surface area contributed by atoms with E-state index < -0.39 is 0 Å². The molecule has 0 spiro atoms. The van der Waals surface area contributed by atoms with E-state index in [-0.39, 0.29) is 17.8 Å². The van der Waals surface area contributed by atoms with Crippen LogP contribution in [0.2, 0.25) is 0 Å². The molecule has 9 heteroatoms. The number of carbonyl (C=O) groups is 1. The number of hydrogen-bond acceptors (Lipinski definition) is 5. The maximum absolute atomic E-state index is 14.2. The van der Waals surface area contributed by atoms with Crippen LogP contribution in [0, 0.1) is 18.3 Å². The van der Waals surface area contributed by atoms with E-state index in [0.717, 1.165) is 60.0 Å². The molecule has 0 bridgehead atoms. The summed E-state index contributed by atoms with van der Waals surface area (Å²) in [5.41, 5.74) is 7.44. The lowest BCUT2D eigenvalue weighted by Crippen LogP contribution is -2.32. The molecule has 1 aliphatic heterocycles. The first-order chi connectivity index (χ1) is 19.3. The number of piperidine rings is 1. The number of aromatic nitrogens is 4. The summed E-state index contributed by atoms with van der Waals surface area (Å²) in [5.74, 6) is -0.244. The molecular formula is C31H32FN7O. The number of likely N-dealkylation sites (tertiary alicyclic amines) is 1. The highest BCUT2D eigenvalue weighted by atomic mass is 19.1. The second-order valence-electron chi connectivity index (χ2n) is 11.0. The first kappa shape index (κ1) is 26.0. The van der Waals surface area contributed by atoms with Crippen LogP contribution in [0.1, 0.15) is 53.6 Å². The van der Waals surface area contributed by atoms with Crippen molar-refractivity contribution in [2.45, 2.75) is 44.7 Å². The number of aromatic amines is 1. The Morgan fingerprint density at radius 2 is 2.08 bits per heavy atom. The lowest BCUT2D eigenvalue weighted by atomic mass is 9.90. The Bertz CT molecular complexity index is 1710. The zero-order valence-corrected chi connectivity index (χ0v) is 23.0. The van der Waals surface area contributed by atoms with Gasteiger partial charge in [-0.2, -0.15) is 5.26 Å². The Hall–Kier alpha value is -4.29. The average molecular weight is 538 g/mol. The number of rotatable bonds is 5. The molecule has 1 N–H and O–H groups in total. The number of aryl methyl sites for hydroxylation is 1. The Morgan fingerprint density at radius 3 is 2.83 bits per heavy atom. The topological polar surface area (TPSA) is 93.8 Å². The van der Waals surface area contributed by atoms with Crippen LogP contribution in [0.15, 0.2) is 60.5 Å². The molecule has 1 atom stereocenters. The highest BCUT2D eigenvalue weighted by molar-refractivity contribution is 5.95. The van der Waals surface area contributed by atoms with Gasteiger partial charge in [-0.1, -0.05) is 6.07 Å². The fourth-order valence-corrected chi connectivity index (χ4v) is 6.22. The zero-order valence-electron chi connectivity index (χ0n) is 23.0. The van der Waals surface area contributed by atoms with E-state index in [1.807, 2.05) is 6.07 Å². The maximum Gasteiger partial charge on any atom is 0.251 e. The lowest BCUT2D eigenvalue weighted by Gasteiger charge is -2.32. The normalized spacial score (nSPS) is 18.5. The summed E-state index contributed by atoms with van der Waals surface area (Å²) in [6.07, 6.45) is 10.8. The van der Waals surface area contributed by atoms with Crippen molar-refractivity contribution in [2.24, 2.45) is 0 Å². The molecule has 2 aliphatic rings. The molecule has 1 fully saturated rings. The number of amides is 1. The van der Waals surface area contributed by atoms with Crippen LogP contribution in [0.5, 0.6) is 0 Å². The number of nitrogens with zero attached hydrogens (tertiary/aromatic N) is 6. The van der Waals surface area contributed by atoms with Crippen molar-refractivity contribution < 1.29 is 9.18 Å². The van der Waals surface area contributed by atoms with Gasteiger partial charge in [0.15, 0.2) is 0 Å². The lowest BCUT2D eigenvalue weighted by molar-refractivity contribution is -0.125. The fourth-order valence-electron chi connectivity index (χ4n) is 6.22. The molecule has 8 nitrogen and oxygen atoms in total. The van der Waals surface area contributed by atoms with Gasteiger partial charge in [0.05, 0.1) is 23.3 Å². The van der Waals surface area contributed by atoms with Crippen molar-refractivity contribution in [3.05, 3.63) is 82.9 Å². The molecule has 1 unspecified atom stereocenters. The molecule has 1 aliphatic carbocycles. The Balaban J connectivity index is 1.23. The Morgan fingerprint density at radius 1 is 1.27 bits per heavy atom. The molecular weight excluding hydrogens is 505 g/mol. The first-order valence-electron chi connectivity index (χ1n) is 13.7. The van der Waals surface area contributed by atoms with Gasteiger partial charge in [0, 0.05) is 43.3 Å². The standard InChI is InChI=1S/C31H32FN7O/c1-19-21(4-6-27-24(19)13-23(14-33)36-27)16-38-10-8-20(9-11-38)26-17-39(29-15-34-18-35-30(26)29)28-7-5-22(32)12-25(28)31(40)37(2)3/h4-6,12-13,15,17-18,20,28,36H,7-11,16H2,1-3H3. The number of allylic oxidation sites excluding steroid dienone is 3. The van der Waals surface area contributed by atoms with Crippen LogP contribution in [-0.2, 0) is 11.3 Å². The largest absolute Gasteiger partial charge is 0.346 e. The van der Waals surface area contributed by atoms with Crippen LogP contribution in [0.25, 0.3) is 21.9 Å². The quantitative estimate of drug-likeness (QED) is 0.374. The third-order valence-corrected chi connectivity index (χ3v) is 8.43. The number of nitrogens with one attached hydrogen (secondary N) is 1. The molecule has 3 aromatic heterocycles. The van der Waals surface area contributed by atoms with E-state index in [4.69, 9.17) is 0 Å². The molecule has 4 aromatic rings. The van der Waals surface area contributed by atoms with E-state index in [9.17, 15) is 14.4 Å². The van der Waals surface area contributed by atoms with Crippen molar-refractivity contribution in [2.75, 3.05) is 27.2 Å². The van der Waals surface area contributed by atoms with Gasteiger partial charge in [0.25, 0.3) is 5.91 Å².